The Labute approximate surface area is 212 Å². The number of nitrogens with two attached hydrogens (primary N) is 1. The van der Waals surface area contributed by atoms with E-state index in [4.69, 9.17) is 15.2 Å². The standard InChI is InChI=1S/C30H33FN2O3/c31-27-17-29(33-18-26(34)21-35-19-23-8-3-1-4-9-23)25(16-28(27)32)12-15-30(13-7-14-30)22-36-20-24-10-5-2-6-11-24/h1-6,8-11,16-17,26,33-34H,7,13-14,18-22,32H2/t26-/m1/s1. The van der Waals surface area contributed by atoms with Crippen LogP contribution in [0.15, 0.2) is 72.8 Å². The van der Waals surface area contributed by atoms with Crippen molar-refractivity contribution >= 4 is 11.4 Å². The van der Waals surface area contributed by atoms with Crippen molar-refractivity contribution < 1.29 is 19.0 Å². The van der Waals surface area contributed by atoms with Crippen molar-refractivity contribution in [2.45, 2.75) is 38.6 Å². The molecule has 1 aliphatic rings. The summed E-state index contributed by atoms with van der Waals surface area (Å²) >= 11 is 0. The number of halogens is 1. The molecule has 0 radical (unpaired) electrons. The second-order valence-corrected chi connectivity index (χ2v) is 9.32. The van der Waals surface area contributed by atoms with Gasteiger partial charge in [-0.15, -0.1) is 0 Å². The van der Waals surface area contributed by atoms with Gasteiger partial charge in [0.25, 0.3) is 0 Å². The number of anilines is 2. The molecule has 0 spiro atoms. The molecular formula is C30H33FN2O3. The lowest BCUT2D eigenvalue weighted by Gasteiger charge is -2.36. The highest BCUT2D eigenvalue weighted by molar-refractivity contribution is 5.65. The zero-order valence-corrected chi connectivity index (χ0v) is 20.4. The number of benzene rings is 3. The van der Waals surface area contributed by atoms with Crippen molar-refractivity contribution in [1.29, 1.82) is 0 Å². The minimum Gasteiger partial charge on any atom is -0.396 e. The molecule has 188 valence electrons. The van der Waals surface area contributed by atoms with E-state index in [0.717, 1.165) is 30.4 Å². The van der Waals surface area contributed by atoms with E-state index in [-0.39, 0.29) is 24.3 Å². The third kappa shape index (κ3) is 7.32. The molecule has 0 heterocycles. The summed E-state index contributed by atoms with van der Waals surface area (Å²) in [6.07, 6.45) is 2.27. The van der Waals surface area contributed by atoms with Crippen LogP contribution in [0.5, 0.6) is 0 Å². The van der Waals surface area contributed by atoms with Gasteiger partial charge in [0.15, 0.2) is 0 Å². The van der Waals surface area contributed by atoms with E-state index in [1.807, 2.05) is 60.7 Å². The van der Waals surface area contributed by atoms with E-state index in [9.17, 15) is 9.50 Å². The second-order valence-electron chi connectivity index (χ2n) is 9.32. The summed E-state index contributed by atoms with van der Waals surface area (Å²) in [5.74, 6) is 6.07. The van der Waals surface area contributed by atoms with Gasteiger partial charge in [0.05, 0.1) is 49.3 Å². The van der Waals surface area contributed by atoms with Gasteiger partial charge in [-0.2, -0.15) is 0 Å². The van der Waals surface area contributed by atoms with Gasteiger partial charge >= 0.3 is 0 Å². The molecule has 36 heavy (non-hydrogen) atoms. The fourth-order valence-corrected chi connectivity index (χ4v) is 4.06. The van der Waals surface area contributed by atoms with Gasteiger partial charge in [-0.05, 0) is 30.0 Å². The van der Waals surface area contributed by atoms with Gasteiger partial charge < -0.3 is 25.6 Å². The maximum atomic E-state index is 14.2. The SMILES string of the molecule is Nc1cc(C#CC2(COCc3ccccc3)CCC2)c(NC[C@@H](O)COCc2ccccc2)cc1F. The van der Waals surface area contributed by atoms with Gasteiger partial charge in [-0.1, -0.05) is 78.9 Å². The Hall–Kier alpha value is -3.37. The highest BCUT2D eigenvalue weighted by atomic mass is 19.1. The molecule has 1 aliphatic carbocycles. The Balaban J connectivity index is 1.35. The van der Waals surface area contributed by atoms with Gasteiger partial charge in [-0.3, -0.25) is 0 Å². The molecule has 0 saturated heterocycles. The van der Waals surface area contributed by atoms with Crippen LogP contribution in [-0.2, 0) is 22.7 Å². The van der Waals surface area contributed by atoms with Gasteiger partial charge in [0, 0.05) is 18.2 Å². The van der Waals surface area contributed by atoms with Gasteiger partial charge in [0.2, 0.25) is 0 Å². The minimum atomic E-state index is -0.764. The van der Waals surface area contributed by atoms with Crippen LogP contribution in [0.3, 0.4) is 0 Å². The largest absolute Gasteiger partial charge is 0.396 e. The maximum Gasteiger partial charge on any atom is 0.148 e. The van der Waals surface area contributed by atoms with Crippen LogP contribution in [0.1, 0.15) is 36.0 Å². The molecule has 5 nitrogen and oxygen atoms in total. The van der Waals surface area contributed by atoms with E-state index in [1.165, 1.54) is 6.07 Å². The second kappa shape index (κ2) is 12.5. The molecular weight excluding hydrogens is 455 g/mol. The molecule has 3 aromatic rings. The van der Waals surface area contributed by atoms with Crippen molar-refractivity contribution in [3.8, 4) is 11.8 Å². The van der Waals surface area contributed by atoms with E-state index >= 15 is 0 Å². The quantitative estimate of drug-likeness (QED) is 0.258. The third-order valence-electron chi connectivity index (χ3n) is 6.35. The fraction of sp³-hybridized carbons (Fsp3) is 0.333. The zero-order valence-electron chi connectivity index (χ0n) is 20.4. The Morgan fingerprint density at radius 3 is 2.22 bits per heavy atom. The molecule has 1 atom stereocenters. The molecule has 6 heteroatoms. The van der Waals surface area contributed by atoms with Crippen molar-refractivity contribution in [2.24, 2.45) is 5.41 Å². The molecule has 4 N–H and O–H groups in total. The molecule has 1 fully saturated rings. The minimum absolute atomic E-state index is 0.0413. The lowest BCUT2D eigenvalue weighted by atomic mass is 9.70. The number of rotatable bonds is 11. The molecule has 0 aliphatic heterocycles. The number of ether oxygens (including phenoxy) is 2. The summed E-state index contributed by atoms with van der Waals surface area (Å²) in [4.78, 5) is 0. The van der Waals surface area contributed by atoms with E-state index in [0.29, 0.717) is 31.1 Å². The number of aliphatic hydroxyl groups excluding tert-OH is 1. The van der Waals surface area contributed by atoms with Crippen LogP contribution >= 0.6 is 0 Å². The first-order chi connectivity index (χ1) is 17.5. The molecule has 0 unspecified atom stereocenters. The summed E-state index contributed by atoms with van der Waals surface area (Å²) in [7, 11) is 0. The normalized spacial score (nSPS) is 14.8. The van der Waals surface area contributed by atoms with Gasteiger partial charge in [-0.25, -0.2) is 4.39 Å². The number of nitrogen functional groups attached to an aromatic ring is 1. The Morgan fingerprint density at radius 1 is 0.972 bits per heavy atom. The fourth-order valence-electron chi connectivity index (χ4n) is 4.06. The molecule has 0 bridgehead atoms. The van der Waals surface area contributed by atoms with Crippen LogP contribution in [0.25, 0.3) is 0 Å². The summed E-state index contributed by atoms with van der Waals surface area (Å²) in [6, 6.07) is 22.7. The van der Waals surface area contributed by atoms with E-state index in [2.05, 4.69) is 17.2 Å². The summed E-state index contributed by atoms with van der Waals surface area (Å²) in [5.41, 5.74) is 8.92. The van der Waals surface area contributed by atoms with E-state index < -0.39 is 11.9 Å². The van der Waals surface area contributed by atoms with E-state index in [1.54, 1.807) is 6.07 Å². The van der Waals surface area contributed by atoms with Crippen molar-refractivity contribution in [3.05, 3.63) is 95.3 Å². The third-order valence-corrected chi connectivity index (χ3v) is 6.35. The summed E-state index contributed by atoms with van der Waals surface area (Å²) < 4.78 is 25.8. The van der Waals surface area contributed by atoms with Gasteiger partial charge in [0.1, 0.15) is 5.82 Å². The molecule has 0 amide bonds. The summed E-state index contributed by atoms with van der Waals surface area (Å²) in [6.45, 7) is 1.86. The van der Waals surface area contributed by atoms with Crippen molar-refractivity contribution in [2.75, 3.05) is 30.8 Å². The lowest BCUT2D eigenvalue weighted by molar-refractivity contribution is 0.0231. The number of hydrogen-bond donors (Lipinski definition) is 3. The van der Waals surface area contributed by atoms with Crippen molar-refractivity contribution in [3.63, 3.8) is 0 Å². The smallest absolute Gasteiger partial charge is 0.148 e. The molecule has 0 aromatic heterocycles. The first kappa shape index (κ1) is 25.7. The van der Waals surface area contributed by atoms with Crippen molar-refractivity contribution in [1.82, 2.24) is 0 Å². The topological polar surface area (TPSA) is 76.7 Å². The predicted molar refractivity (Wildman–Crippen MR) is 141 cm³/mol. The van der Waals surface area contributed by atoms with Crippen LogP contribution in [-0.4, -0.2) is 31.0 Å². The first-order valence-electron chi connectivity index (χ1n) is 12.3. The first-order valence-corrected chi connectivity index (χ1v) is 12.3. The predicted octanol–water partition coefficient (Wildman–Crippen LogP) is 5.14. The Kier molecular flexibility index (Phi) is 8.96. The van der Waals surface area contributed by atoms with Crippen LogP contribution in [0.4, 0.5) is 15.8 Å². The number of hydrogen-bond acceptors (Lipinski definition) is 5. The van der Waals surface area contributed by atoms with Crippen LogP contribution in [0.2, 0.25) is 0 Å². The molecule has 1 saturated carbocycles. The average molecular weight is 489 g/mol. The monoisotopic (exact) mass is 488 g/mol. The number of nitrogens with one attached hydrogen (secondary N) is 1. The Morgan fingerprint density at radius 2 is 1.61 bits per heavy atom. The lowest BCUT2D eigenvalue weighted by Crippen LogP contribution is -2.33. The van der Waals surface area contributed by atoms with Crippen LogP contribution in [0, 0.1) is 23.1 Å². The average Bonchev–Trinajstić information content (AvgIpc) is 2.87. The van der Waals surface area contributed by atoms with Crippen LogP contribution < -0.4 is 11.1 Å². The number of aliphatic hydroxyl groups is 1. The maximum absolute atomic E-state index is 14.2. The Bertz CT molecular complexity index is 1170. The molecule has 3 aromatic carbocycles. The highest BCUT2D eigenvalue weighted by Crippen LogP contribution is 2.41. The highest BCUT2D eigenvalue weighted by Gasteiger charge is 2.35. The zero-order chi connectivity index (χ0) is 25.2. The molecule has 4 rings (SSSR count). The summed E-state index contributed by atoms with van der Waals surface area (Å²) in [5, 5.41) is 13.4.